The largest absolute Gasteiger partial charge is 0.357 e. The maximum atomic E-state index is 12.0. The molecule has 0 saturated carbocycles. The number of guanidine groups is 1. The Morgan fingerprint density at radius 1 is 1.21 bits per heavy atom. The van der Waals surface area contributed by atoms with Crippen molar-refractivity contribution in [2.75, 3.05) is 26.2 Å². The number of hydrogen-bond acceptors (Lipinski definition) is 2. The van der Waals surface area contributed by atoms with Gasteiger partial charge in [0.15, 0.2) is 5.96 Å². The second-order valence-corrected chi connectivity index (χ2v) is 5.82. The average Bonchev–Trinajstić information content (AvgIpc) is 3.11. The fraction of sp³-hybridized carbons (Fsp3) is 0.556. The van der Waals surface area contributed by atoms with Gasteiger partial charge < -0.3 is 15.5 Å². The van der Waals surface area contributed by atoms with Crippen molar-refractivity contribution < 1.29 is 4.79 Å². The molecule has 0 aliphatic carbocycles. The van der Waals surface area contributed by atoms with Gasteiger partial charge in [0.1, 0.15) is 0 Å². The molecule has 0 atom stereocenters. The van der Waals surface area contributed by atoms with Crippen LogP contribution in [0.5, 0.6) is 0 Å². The Morgan fingerprint density at radius 3 is 2.62 bits per heavy atom. The Hall–Kier alpha value is -1.31. The standard InChI is InChI=1S/C18H28N4O.HI/c1-3-10-20-17(23)16-9-7-8-15(13-16)14-21-18(19-4-2)22-11-5-6-12-22;/h7-9,13H,3-6,10-12,14H2,1-2H3,(H,19,21)(H,20,23);1H. The third-order valence-corrected chi connectivity index (χ3v) is 3.88. The zero-order valence-electron chi connectivity index (χ0n) is 14.7. The first kappa shape index (κ1) is 20.7. The summed E-state index contributed by atoms with van der Waals surface area (Å²) in [6.07, 6.45) is 3.41. The Labute approximate surface area is 162 Å². The summed E-state index contributed by atoms with van der Waals surface area (Å²) in [5.74, 6) is 0.968. The molecule has 0 radical (unpaired) electrons. The fourth-order valence-electron chi connectivity index (χ4n) is 2.67. The quantitative estimate of drug-likeness (QED) is 0.403. The number of aliphatic imine (C=N–C) groups is 1. The maximum absolute atomic E-state index is 12.0. The first-order chi connectivity index (χ1) is 11.2. The van der Waals surface area contributed by atoms with Gasteiger partial charge in [-0.25, -0.2) is 4.99 Å². The average molecular weight is 444 g/mol. The van der Waals surface area contributed by atoms with Gasteiger partial charge >= 0.3 is 0 Å². The van der Waals surface area contributed by atoms with Crippen LogP contribution in [0, 0.1) is 0 Å². The highest BCUT2D eigenvalue weighted by Gasteiger charge is 2.15. The highest BCUT2D eigenvalue weighted by Crippen LogP contribution is 2.10. The lowest BCUT2D eigenvalue weighted by molar-refractivity contribution is 0.0953. The summed E-state index contributed by atoms with van der Waals surface area (Å²) in [6.45, 7) is 8.45. The van der Waals surface area contributed by atoms with Crippen LogP contribution in [0.1, 0.15) is 49.0 Å². The number of nitrogens with one attached hydrogen (secondary N) is 2. The van der Waals surface area contributed by atoms with E-state index in [4.69, 9.17) is 4.99 Å². The molecule has 2 N–H and O–H groups in total. The van der Waals surface area contributed by atoms with Gasteiger partial charge in [0.25, 0.3) is 5.91 Å². The molecule has 6 heteroatoms. The van der Waals surface area contributed by atoms with Gasteiger partial charge in [-0.3, -0.25) is 4.79 Å². The van der Waals surface area contributed by atoms with E-state index in [-0.39, 0.29) is 29.9 Å². The lowest BCUT2D eigenvalue weighted by Crippen LogP contribution is -2.39. The number of halogens is 1. The molecule has 134 valence electrons. The van der Waals surface area contributed by atoms with E-state index in [2.05, 4.69) is 22.5 Å². The van der Waals surface area contributed by atoms with E-state index < -0.39 is 0 Å². The monoisotopic (exact) mass is 444 g/mol. The van der Waals surface area contributed by atoms with Crippen molar-refractivity contribution in [2.24, 2.45) is 4.99 Å². The molecule has 1 aromatic rings. The molecule has 1 aliphatic heterocycles. The number of nitrogens with zero attached hydrogens (tertiary/aromatic N) is 2. The molecule has 1 aromatic carbocycles. The molecule has 0 unspecified atom stereocenters. The Kier molecular flexibility index (Phi) is 9.75. The minimum atomic E-state index is -0.0101. The second-order valence-electron chi connectivity index (χ2n) is 5.82. The van der Waals surface area contributed by atoms with Gasteiger partial charge in [-0.15, -0.1) is 24.0 Å². The molecule has 1 fully saturated rings. The van der Waals surface area contributed by atoms with Crippen molar-refractivity contribution in [1.82, 2.24) is 15.5 Å². The van der Waals surface area contributed by atoms with Gasteiger partial charge in [0.05, 0.1) is 6.54 Å². The summed E-state index contributed by atoms with van der Waals surface area (Å²) < 4.78 is 0. The van der Waals surface area contributed by atoms with Crippen molar-refractivity contribution in [3.05, 3.63) is 35.4 Å². The normalized spacial score (nSPS) is 14.2. The number of amides is 1. The highest BCUT2D eigenvalue weighted by atomic mass is 127. The third kappa shape index (κ3) is 6.30. The van der Waals surface area contributed by atoms with Crippen LogP contribution in [0.25, 0.3) is 0 Å². The summed E-state index contributed by atoms with van der Waals surface area (Å²) in [5, 5.41) is 6.27. The summed E-state index contributed by atoms with van der Waals surface area (Å²) >= 11 is 0. The van der Waals surface area contributed by atoms with Gasteiger partial charge in [0.2, 0.25) is 0 Å². The van der Waals surface area contributed by atoms with Crippen molar-refractivity contribution in [3.8, 4) is 0 Å². The van der Waals surface area contributed by atoms with Crippen molar-refractivity contribution in [1.29, 1.82) is 0 Å². The van der Waals surface area contributed by atoms with Crippen molar-refractivity contribution in [3.63, 3.8) is 0 Å². The van der Waals surface area contributed by atoms with E-state index in [1.807, 2.05) is 31.2 Å². The minimum absolute atomic E-state index is 0. The highest BCUT2D eigenvalue weighted by molar-refractivity contribution is 14.0. The number of carbonyl (C=O) groups is 1. The Balaban J connectivity index is 0.00000288. The van der Waals surface area contributed by atoms with E-state index in [9.17, 15) is 4.79 Å². The van der Waals surface area contributed by atoms with Crippen molar-refractivity contribution >= 4 is 35.8 Å². The lowest BCUT2D eigenvalue weighted by Gasteiger charge is -2.20. The van der Waals surface area contributed by atoms with Crippen LogP contribution in [-0.4, -0.2) is 42.9 Å². The number of rotatable bonds is 6. The van der Waals surface area contributed by atoms with Crippen LogP contribution in [0.2, 0.25) is 0 Å². The summed E-state index contributed by atoms with van der Waals surface area (Å²) in [4.78, 5) is 19.1. The number of benzene rings is 1. The second kappa shape index (κ2) is 11.3. The third-order valence-electron chi connectivity index (χ3n) is 3.88. The Morgan fingerprint density at radius 2 is 1.96 bits per heavy atom. The first-order valence-corrected chi connectivity index (χ1v) is 8.65. The smallest absolute Gasteiger partial charge is 0.251 e. The van der Waals surface area contributed by atoms with Crippen LogP contribution in [0.15, 0.2) is 29.3 Å². The van der Waals surface area contributed by atoms with Crippen LogP contribution < -0.4 is 10.6 Å². The number of carbonyl (C=O) groups excluding carboxylic acids is 1. The van der Waals surface area contributed by atoms with E-state index in [0.717, 1.165) is 37.6 Å². The molecule has 1 saturated heterocycles. The molecule has 0 bridgehead atoms. The molecule has 1 amide bonds. The number of hydrogen-bond donors (Lipinski definition) is 2. The van der Waals surface area contributed by atoms with Crippen LogP contribution in [0.4, 0.5) is 0 Å². The summed E-state index contributed by atoms with van der Waals surface area (Å²) in [7, 11) is 0. The minimum Gasteiger partial charge on any atom is -0.357 e. The molecule has 24 heavy (non-hydrogen) atoms. The van der Waals surface area contributed by atoms with Gasteiger partial charge in [-0.1, -0.05) is 19.1 Å². The molecular formula is C18H29IN4O. The predicted octanol–water partition coefficient (Wildman–Crippen LogP) is 3.01. The molecular weight excluding hydrogens is 415 g/mol. The van der Waals surface area contributed by atoms with E-state index in [1.54, 1.807) is 0 Å². The van der Waals surface area contributed by atoms with Gasteiger partial charge in [-0.2, -0.15) is 0 Å². The Bertz CT molecular complexity index is 542. The molecule has 0 aromatic heterocycles. The molecule has 1 aliphatic rings. The zero-order chi connectivity index (χ0) is 16.5. The predicted molar refractivity (Wildman–Crippen MR) is 110 cm³/mol. The fourth-order valence-corrected chi connectivity index (χ4v) is 2.67. The van der Waals surface area contributed by atoms with Crippen LogP contribution in [-0.2, 0) is 6.54 Å². The maximum Gasteiger partial charge on any atom is 0.251 e. The van der Waals surface area contributed by atoms with E-state index >= 15 is 0 Å². The molecule has 1 heterocycles. The zero-order valence-corrected chi connectivity index (χ0v) is 17.0. The summed E-state index contributed by atoms with van der Waals surface area (Å²) in [5.41, 5.74) is 1.76. The molecule has 5 nitrogen and oxygen atoms in total. The topological polar surface area (TPSA) is 56.7 Å². The molecule has 0 spiro atoms. The van der Waals surface area contributed by atoms with Gasteiger partial charge in [0, 0.05) is 31.7 Å². The van der Waals surface area contributed by atoms with E-state index in [0.29, 0.717) is 18.7 Å². The van der Waals surface area contributed by atoms with Crippen LogP contribution >= 0.6 is 24.0 Å². The lowest BCUT2D eigenvalue weighted by atomic mass is 10.1. The van der Waals surface area contributed by atoms with Gasteiger partial charge in [-0.05, 0) is 43.9 Å². The number of likely N-dealkylation sites (tertiary alicyclic amines) is 1. The van der Waals surface area contributed by atoms with Crippen LogP contribution in [0.3, 0.4) is 0 Å². The summed E-state index contributed by atoms with van der Waals surface area (Å²) in [6, 6.07) is 7.73. The SMILES string of the molecule is CCCNC(=O)c1cccc(CN=C(NCC)N2CCCC2)c1.I. The molecule has 2 rings (SSSR count). The van der Waals surface area contributed by atoms with Crippen molar-refractivity contribution in [2.45, 2.75) is 39.7 Å². The first-order valence-electron chi connectivity index (χ1n) is 8.65. The van der Waals surface area contributed by atoms with E-state index in [1.165, 1.54) is 12.8 Å².